The van der Waals surface area contributed by atoms with Crippen molar-refractivity contribution < 1.29 is 18.7 Å². The summed E-state index contributed by atoms with van der Waals surface area (Å²) in [6, 6.07) is 15.7. The molecule has 27 heavy (non-hydrogen) atoms. The lowest BCUT2D eigenvalue weighted by molar-refractivity contribution is -0.132. The molecule has 3 rings (SSSR count). The molecule has 142 valence electrons. The van der Waals surface area contributed by atoms with E-state index >= 15 is 4.39 Å². The van der Waals surface area contributed by atoms with E-state index in [9.17, 15) is 9.59 Å². The number of alkyl halides is 1. The summed E-state index contributed by atoms with van der Waals surface area (Å²) >= 11 is 0. The van der Waals surface area contributed by atoms with Crippen LogP contribution in [0, 0.1) is 0 Å². The van der Waals surface area contributed by atoms with Crippen LogP contribution in [0.3, 0.4) is 0 Å². The second-order valence-corrected chi connectivity index (χ2v) is 6.46. The van der Waals surface area contributed by atoms with E-state index < -0.39 is 17.6 Å². The van der Waals surface area contributed by atoms with Crippen molar-refractivity contribution in [1.82, 2.24) is 10.2 Å². The van der Waals surface area contributed by atoms with E-state index in [1.54, 1.807) is 31.4 Å². The van der Waals surface area contributed by atoms with Crippen molar-refractivity contribution in [2.45, 2.75) is 18.6 Å². The first kappa shape index (κ1) is 18.7. The number of ether oxygens (including phenoxy) is 1. The maximum absolute atomic E-state index is 15.0. The van der Waals surface area contributed by atoms with Crippen LogP contribution in [0.4, 0.5) is 14.9 Å². The lowest BCUT2D eigenvalue weighted by Gasteiger charge is -2.21. The van der Waals surface area contributed by atoms with Crippen LogP contribution in [-0.2, 0) is 11.3 Å². The summed E-state index contributed by atoms with van der Waals surface area (Å²) in [5, 5.41) is 5.32. The number of benzene rings is 2. The number of likely N-dealkylation sites (tertiary alicyclic amines) is 1. The molecule has 2 aromatic rings. The van der Waals surface area contributed by atoms with Crippen LogP contribution in [0.2, 0.25) is 0 Å². The average molecular weight is 371 g/mol. The molecule has 1 aliphatic rings. The number of nitrogens with one attached hydrogen (secondary N) is 2. The fourth-order valence-corrected chi connectivity index (χ4v) is 2.94. The van der Waals surface area contributed by atoms with Crippen LogP contribution in [0.5, 0.6) is 5.75 Å². The van der Waals surface area contributed by atoms with E-state index in [1.165, 1.54) is 4.90 Å². The maximum atomic E-state index is 15.0. The smallest absolute Gasteiger partial charge is 0.321 e. The minimum atomic E-state index is -2.08. The van der Waals surface area contributed by atoms with Gasteiger partial charge < -0.3 is 20.3 Å². The Kier molecular flexibility index (Phi) is 5.59. The van der Waals surface area contributed by atoms with Gasteiger partial charge in [0.2, 0.25) is 5.67 Å². The molecule has 0 aliphatic carbocycles. The first-order valence-electron chi connectivity index (χ1n) is 8.71. The molecule has 1 aliphatic heterocycles. The molecule has 1 atom stereocenters. The molecule has 0 radical (unpaired) electrons. The van der Waals surface area contributed by atoms with Gasteiger partial charge in [-0.15, -0.1) is 0 Å². The molecular weight excluding hydrogens is 349 g/mol. The van der Waals surface area contributed by atoms with Crippen molar-refractivity contribution in [3.05, 3.63) is 60.2 Å². The van der Waals surface area contributed by atoms with Crippen molar-refractivity contribution in [1.29, 1.82) is 0 Å². The number of carbonyl (C=O) groups excluding carboxylic acids is 2. The van der Waals surface area contributed by atoms with Crippen molar-refractivity contribution in [3.8, 4) is 5.75 Å². The van der Waals surface area contributed by atoms with Crippen molar-refractivity contribution in [2.75, 3.05) is 25.5 Å². The average Bonchev–Trinajstić information content (AvgIpc) is 3.11. The van der Waals surface area contributed by atoms with Gasteiger partial charge in [0.25, 0.3) is 5.91 Å². The third-order valence-corrected chi connectivity index (χ3v) is 4.55. The van der Waals surface area contributed by atoms with E-state index in [1.807, 2.05) is 30.3 Å². The second-order valence-electron chi connectivity index (χ2n) is 6.46. The number of urea groups is 1. The highest BCUT2D eigenvalue weighted by molar-refractivity contribution is 5.92. The summed E-state index contributed by atoms with van der Waals surface area (Å²) in [5.74, 6) is -0.0156. The summed E-state index contributed by atoms with van der Waals surface area (Å²) in [4.78, 5) is 25.9. The molecule has 0 unspecified atom stereocenters. The normalized spacial score (nSPS) is 18.8. The number of halogens is 1. The van der Waals surface area contributed by atoms with Gasteiger partial charge in [0.1, 0.15) is 5.75 Å². The Morgan fingerprint density at radius 3 is 2.52 bits per heavy atom. The third-order valence-electron chi connectivity index (χ3n) is 4.55. The maximum Gasteiger partial charge on any atom is 0.321 e. The molecule has 2 aromatic carbocycles. The summed E-state index contributed by atoms with van der Waals surface area (Å²) in [5.41, 5.74) is -0.612. The zero-order chi connectivity index (χ0) is 19.3. The summed E-state index contributed by atoms with van der Waals surface area (Å²) in [7, 11) is 1.56. The van der Waals surface area contributed by atoms with E-state index in [2.05, 4.69) is 10.6 Å². The van der Waals surface area contributed by atoms with Gasteiger partial charge >= 0.3 is 6.03 Å². The summed E-state index contributed by atoms with van der Waals surface area (Å²) in [6.45, 7) is 0.163. The van der Waals surface area contributed by atoms with E-state index in [4.69, 9.17) is 4.74 Å². The largest absolute Gasteiger partial charge is 0.497 e. The highest BCUT2D eigenvalue weighted by Gasteiger charge is 2.46. The van der Waals surface area contributed by atoms with Crippen LogP contribution in [0.25, 0.3) is 0 Å². The Bertz CT molecular complexity index is 798. The van der Waals surface area contributed by atoms with Gasteiger partial charge in [-0.3, -0.25) is 4.79 Å². The quantitative estimate of drug-likeness (QED) is 0.849. The van der Waals surface area contributed by atoms with Crippen molar-refractivity contribution >= 4 is 17.6 Å². The zero-order valence-electron chi connectivity index (χ0n) is 15.1. The van der Waals surface area contributed by atoms with Crippen LogP contribution in [0.15, 0.2) is 54.6 Å². The molecule has 1 heterocycles. The van der Waals surface area contributed by atoms with Gasteiger partial charge in [-0.25, -0.2) is 9.18 Å². The van der Waals surface area contributed by atoms with E-state index in [0.29, 0.717) is 11.4 Å². The lowest BCUT2D eigenvalue weighted by atomic mass is 10.0. The zero-order valence-corrected chi connectivity index (χ0v) is 15.1. The van der Waals surface area contributed by atoms with Crippen LogP contribution in [0.1, 0.15) is 12.0 Å². The first-order chi connectivity index (χ1) is 13.0. The number of amides is 3. The Hall–Kier alpha value is -3.09. The van der Waals surface area contributed by atoms with Gasteiger partial charge in [-0.05, 0) is 29.8 Å². The van der Waals surface area contributed by atoms with Gasteiger partial charge in [0, 0.05) is 25.2 Å². The van der Waals surface area contributed by atoms with Crippen molar-refractivity contribution in [3.63, 3.8) is 0 Å². The van der Waals surface area contributed by atoms with E-state index in [-0.39, 0.29) is 26.1 Å². The summed E-state index contributed by atoms with van der Waals surface area (Å²) in [6.07, 6.45) is -0.0242. The molecule has 1 saturated heterocycles. The molecular formula is C20H22FN3O3. The Balaban J connectivity index is 1.54. The Morgan fingerprint density at radius 1 is 1.15 bits per heavy atom. The predicted octanol–water partition coefficient (Wildman–Crippen LogP) is 2.96. The van der Waals surface area contributed by atoms with Crippen LogP contribution in [-0.4, -0.2) is 42.7 Å². The van der Waals surface area contributed by atoms with Gasteiger partial charge in [0.15, 0.2) is 0 Å². The number of hydrogen-bond acceptors (Lipinski definition) is 3. The third kappa shape index (κ3) is 4.55. The molecule has 0 aromatic heterocycles. The molecule has 0 spiro atoms. The second kappa shape index (κ2) is 8.07. The Labute approximate surface area is 157 Å². The standard InChI is InChI=1S/C20H22FN3O3/c1-27-17-9-7-16(8-10-17)23-19(26)24-12-11-20(21,14-24)18(25)22-13-15-5-3-2-4-6-15/h2-10H,11-14H2,1H3,(H,22,25)(H,23,26)/t20-/m0/s1. The monoisotopic (exact) mass is 371 g/mol. The lowest BCUT2D eigenvalue weighted by Crippen LogP contribution is -2.46. The molecule has 3 amide bonds. The minimum absolute atomic E-state index is 0.0242. The predicted molar refractivity (Wildman–Crippen MR) is 100 cm³/mol. The topological polar surface area (TPSA) is 70.7 Å². The number of anilines is 1. The first-order valence-corrected chi connectivity index (χ1v) is 8.71. The van der Waals surface area contributed by atoms with Gasteiger partial charge in [-0.2, -0.15) is 0 Å². The highest BCUT2D eigenvalue weighted by atomic mass is 19.1. The van der Waals surface area contributed by atoms with Gasteiger partial charge in [-0.1, -0.05) is 30.3 Å². The molecule has 0 bridgehead atoms. The van der Waals surface area contributed by atoms with Gasteiger partial charge in [0.05, 0.1) is 13.7 Å². The Morgan fingerprint density at radius 2 is 1.85 bits per heavy atom. The molecule has 1 fully saturated rings. The molecule has 0 saturated carbocycles. The fourth-order valence-electron chi connectivity index (χ4n) is 2.94. The highest BCUT2D eigenvalue weighted by Crippen LogP contribution is 2.27. The molecule has 2 N–H and O–H groups in total. The van der Waals surface area contributed by atoms with E-state index in [0.717, 1.165) is 5.56 Å². The number of nitrogens with zero attached hydrogens (tertiary/aromatic N) is 1. The SMILES string of the molecule is COc1ccc(NC(=O)N2CC[C@@](F)(C(=O)NCc3ccccc3)C2)cc1. The minimum Gasteiger partial charge on any atom is -0.497 e. The van der Waals surface area contributed by atoms with Crippen LogP contribution >= 0.6 is 0 Å². The number of methoxy groups -OCH3 is 1. The number of hydrogen-bond donors (Lipinski definition) is 2. The molecule has 6 nitrogen and oxygen atoms in total. The number of carbonyl (C=O) groups is 2. The van der Waals surface area contributed by atoms with Crippen molar-refractivity contribution in [2.24, 2.45) is 0 Å². The number of rotatable bonds is 5. The molecule has 7 heteroatoms. The van der Waals surface area contributed by atoms with Crippen LogP contribution < -0.4 is 15.4 Å². The fraction of sp³-hybridized carbons (Fsp3) is 0.300. The summed E-state index contributed by atoms with van der Waals surface area (Å²) < 4.78 is 20.1.